The molecule has 5 nitrogen and oxygen atoms in total. The van der Waals surface area contributed by atoms with E-state index in [1.165, 1.54) is 0 Å². The first-order chi connectivity index (χ1) is 7.24. The van der Waals surface area contributed by atoms with Gasteiger partial charge in [-0.3, -0.25) is 10.1 Å². The summed E-state index contributed by atoms with van der Waals surface area (Å²) in [5, 5.41) is 12.0. The quantitative estimate of drug-likeness (QED) is 0.757. The van der Waals surface area contributed by atoms with Crippen molar-refractivity contribution < 1.29 is 9.90 Å². The van der Waals surface area contributed by atoms with Crippen LogP contribution >= 0.6 is 0 Å². The Labute approximate surface area is 88.1 Å². The smallest absolute Gasteiger partial charge is 0.326 e. The lowest BCUT2D eigenvalue weighted by atomic mass is 10.2. The monoisotopic (exact) mass is 209 g/mol. The lowest BCUT2D eigenvalue weighted by Crippen LogP contribution is -2.30. The van der Waals surface area contributed by atoms with Gasteiger partial charge in [-0.25, -0.2) is 4.98 Å². The van der Waals surface area contributed by atoms with Crippen LogP contribution in [-0.4, -0.2) is 27.2 Å². The van der Waals surface area contributed by atoms with Crippen molar-refractivity contribution >= 4 is 5.97 Å². The number of aliphatic carboxylic acids is 1. The van der Waals surface area contributed by atoms with Gasteiger partial charge in [-0.2, -0.15) is 0 Å². The van der Waals surface area contributed by atoms with Crippen molar-refractivity contribution in [3.8, 4) is 0 Å². The van der Waals surface area contributed by atoms with E-state index in [1.54, 1.807) is 12.5 Å². The van der Waals surface area contributed by atoms with Crippen molar-refractivity contribution in [3.05, 3.63) is 18.2 Å². The molecule has 0 amide bonds. The molecule has 0 aliphatic heterocycles. The third-order valence-electron chi connectivity index (χ3n) is 2.59. The SMILES string of the molecule is CCNC(C(=O)O)c1cncn1C1CC1. The first-order valence-corrected chi connectivity index (χ1v) is 5.22. The van der Waals surface area contributed by atoms with Crippen molar-refractivity contribution in [2.45, 2.75) is 31.8 Å². The van der Waals surface area contributed by atoms with Gasteiger partial charge in [0.1, 0.15) is 6.04 Å². The molecule has 82 valence electrons. The molecule has 1 aliphatic carbocycles. The maximum atomic E-state index is 11.1. The Bertz CT molecular complexity index is 357. The van der Waals surface area contributed by atoms with Gasteiger partial charge in [-0.1, -0.05) is 6.92 Å². The minimum atomic E-state index is -0.848. The molecular formula is C10H15N3O2. The van der Waals surface area contributed by atoms with E-state index in [0.717, 1.165) is 18.5 Å². The van der Waals surface area contributed by atoms with Gasteiger partial charge < -0.3 is 9.67 Å². The van der Waals surface area contributed by atoms with Crippen LogP contribution in [0.1, 0.15) is 37.5 Å². The molecule has 1 saturated carbocycles. The fourth-order valence-corrected chi connectivity index (χ4v) is 1.72. The van der Waals surface area contributed by atoms with Crippen LogP contribution < -0.4 is 5.32 Å². The zero-order valence-corrected chi connectivity index (χ0v) is 8.68. The average Bonchev–Trinajstić information content (AvgIpc) is 2.94. The number of imidazole rings is 1. The van der Waals surface area contributed by atoms with Crippen LogP contribution in [0.15, 0.2) is 12.5 Å². The number of aromatic nitrogens is 2. The van der Waals surface area contributed by atoms with Crippen molar-refractivity contribution in [3.63, 3.8) is 0 Å². The predicted octanol–water partition coefficient (Wildman–Crippen LogP) is 0.953. The Morgan fingerprint density at radius 2 is 2.53 bits per heavy atom. The van der Waals surface area contributed by atoms with Gasteiger partial charge in [0.25, 0.3) is 0 Å². The van der Waals surface area contributed by atoms with Gasteiger partial charge in [-0.15, -0.1) is 0 Å². The van der Waals surface area contributed by atoms with Crippen molar-refractivity contribution in [2.75, 3.05) is 6.54 Å². The molecule has 15 heavy (non-hydrogen) atoms. The topological polar surface area (TPSA) is 67.2 Å². The van der Waals surface area contributed by atoms with Crippen molar-refractivity contribution in [1.29, 1.82) is 0 Å². The van der Waals surface area contributed by atoms with Crippen molar-refractivity contribution in [2.24, 2.45) is 0 Å². The summed E-state index contributed by atoms with van der Waals surface area (Å²) >= 11 is 0. The molecule has 0 bridgehead atoms. The molecule has 1 fully saturated rings. The highest BCUT2D eigenvalue weighted by atomic mass is 16.4. The summed E-state index contributed by atoms with van der Waals surface area (Å²) in [6.07, 6.45) is 5.61. The molecule has 1 aromatic rings. The Kier molecular flexibility index (Phi) is 2.73. The second-order valence-electron chi connectivity index (χ2n) is 3.79. The van der Waals surface area contributed by atoms with E-state index in [-0.39, 0.29) is 0 Å². The lowest BCUT2D eigenvalue weighted by Gasteiger charge is -2.15. The number of carboxylic acid groups (broad SMARTS) is 1. The molecule has 1 heterocycles. The highest BCUT2D eigenvalue weighted by Gasteiger charge is 2.30. The number of likely N-dealkylation sites (N-methyl/N-ethyl adjacent to an activating group) is 1. The van der Waals surface area contributed by atoms with Gasteiger partial charge in [0, 0.05) is 6.04 Å². The van der Waals surface area contributed by atoms with Crippen molar-refractivity contribution in [1.82, 2.24) is 14.9 Å². The van der Waals surface area contributed by atoms with Gasteiger partial charge in [-0.05, 0) is 19.4 Å². The second kappa shape index (κ2) is 4.02. The highest BCUT2D eigenvalue weighted by Crippen LogP contribution is 2.36. The van der Waals surface area contributed by atoms with E-state index in [1.807, 2.05) is 11.5 Å². The van der Waals surface area contributed by atoms with E-state index in [4.69, 9.17) is 5.11 Å². The fraction of sp³-hybridized carbons (Fsp3) is 0.600. The normalized spacial score (nSPS) is 17.7. The number of nitrogens with one attached hydrogen (secondary N) is 1. The molecule has 1 aliphatic rings. The van der Waals surface area contributed by atoms with E-state index in [0.29, 0.717) is 12.6 Å². The molecule has 1 unspecified atom stereocenters. The summed E-state index contributed by atoms with van der Waals surface area (Å²) < 4.78 is 1.97. The molecule has 5 heteroatoms. The third kappa shape index (κ3) is 2.02. The molecule has 0 spiro atoms. The largest absolute Gasteiger partial charge is 0.480 e. The van der Waals surface area contributed by atoms with Crippen LogP contribution in [0, 0.1) is 0 Å². The molecule has 1 atom stereocenters. The van der Waals surface area contributed by atoms with E-state index in [9.17, 15) is 4.79 Å². The maximum absolute atomic E-state index is 11.1. The Morgan fingerprint density at radius 1 is 1.80 bits per heavy atom. The fourth-order valence-electron chi connectivity index (χ4n) is 1.72. The summed E-state index contributed by atoms with van der Waals surface area (Å²) in [5.74, 6) is -0.848. The van der Waals surface area contributed by atoms with Crippen LogP contribution in [0.3, 0.4) is 0 Å². The maximum Gasteiger partial charge on any atom is 0.326 e. The number of nitrogens with zero attached hydrogens (tertiary/aromatic N) is 2. The molecule has 0 saturated heterocycles. The lowest BCUT2D eigenvalue weighted by molar-refractivity contribution is -0.139. The number of hydrogen-bond donors (Lipinski definition) is 2. The zero-order valence-electron chi connectivity index (χ0n) is 8.68. The number of hydrogen-bond acceptors (Lipinski definition) is 3. The Morgan fingerprint density at radius 3 is 3.07 bits per heavy atom. The second-order valence-corrected chi connectivity index (χ2v) is 3.79. The Balaban J connectivity index is 2.24. The van der Waals surface area contributed by atoms with E-state index >= 15 is 0 Å². The number of rotatable bonds is 5. The van der Waals surface area contributed by atoms with E-state index in [2.05, 4.69) is 10.3 Å². The molecular weight excluding hydrogens is 194 g/mol. The van der Waals surface area contributed by atoms with E-state index < -0.39 is 12.0 Å². The first kappa shape index (κ1) is 10.2. The summed E-state index contributed by atoms with van der Waals surface area (Å²) in [6, 6.07) is -0.180. The van der Waals surface area contributed by atoms with Gasteiger partial charge in [0.05, 0.1) is 18.2 Å². The first-order valence-electron chi connectivity index (χ1n) is 5.22. The van der Waals surface area contributed by atoms with Crippen LogP contribution in [0.2, 0.25) is 0 Å². The summed E-state index contributed by atoms with van der Waals surface area (Å²) in [5.41, 5.74) is 0.756. The summed E-state index contributed by atoms with van der Waals surface area (Å²) in [6.45, 7) is 2.53. The average molecular weight is 209 g/mol. The molecule has 0 aromatic carbocycles. The number of carbonyl (C=O) groups is 1. The van der Waals surface area contributed by atoms with Gasteiger partial charge >= 0.3 is 5.97 Å². The molecule has 0 radical (unpaired) electrons. The standard InChI is InChI=1S/C10H15N3O2/c1-2-12-9(10(14)15)8-5-11-6-13(8)7-3-4-7/h5-7,9,12H,2-4H2,1H3,(H,14,15). The van der Waals surface area contributed by atoms with Crippen LogP contribution in [0.25, 0.3) is 0 Å². The predicted molar refractivity (Wildman–Crippen MR) is 54.6 cm³/mol. The molecule has 2 N–H and O–H groups in total. The summed E-state index contributed by atoms with van der Waals surface area (Å²) in [4.78, 5) is 15.1. The minimum absolute atomic E-state index is 0.461. The highest BCUT2D eigenvalue weighted by molar-refractivity contribution is 5.74. The molecule has 1 aromatic heterocycles. The van der Waals surface area contributed by atoms with Crippen LogP contribution in [-0.2, 0) is 4.79 Å². The summed E-state index contributed by atoms with van der Waals surface area (Å²) in [7, 11) is 0. The zero-order chi connectivity index (χ0) is 10.8. The van der Waals surface area contributed by atoms with Crippen LogP contribution in [0.5, 0.6) is 0 Å². The number of carboxylic acids is 1. The third-order valence-corrected chi connectivity index (χ3v) is 2.59. The van der Waals surface area contributed by atoms with Gasteiger partial charge in [0.15, 0.2) is 0 Å². The van der Waals surface area contributed by atoms with Crippen LogP contribution in [0.4, 0.5) is 0 Å². The minimum Gasteiger partial charge on any atom is -0.480 e. The molecule has 2 rings (SSSR count). The van der Waals surface area contributed by atoms with Gasteiger partial charge in [0.2, 0.25) is 0 Å². The Hall–Kier alpha value is -1.36.